The van der Waals surface area contributed by atoms with E-state index >= 15 is 0 Å². The molecule has 0 aliphatic heterocycles. The predicted octanol–water partition coefficient (Wildman–Crippen LogP) is 4.13. The molecule has 0 aliphatic rings. The standard InChI is InChI=1S/C15H13BrN2O/c1-10(18)14-6-5-13(8-15(14)16)19-12-4-2-3-11(7-12)9-17/h2-8,10H,18H2,1H3/t10-/m0/s1. The van der Waals surface area contributed by atoms with Crippen molar-refractivity contribution in [3.8, 4) is 17.6 Å². The van der Waals surface area contributed by atoms with Crippen molar-refractivity contribution in [2.24, 2.45) is 5.73 Å². The minimum absolute atomic E-state index is 0.0367. The van der Waals surface area contributed by atoms with Crippen molar-refractivity contribution in [2.45, 2.75) is 13.0 Å². The lowest BCUT2D eigenvalue weighted by Crippen LogP contribution is -2.05. The van der Waals surface area contributed by atoms with Crippen LogP contribution >= 0.6 is 15.9 Å². The molecule has 0 aromatic heterocycles. The van der Waals surface area contributed by atoms with Crippen LogP contribution in [0, 0.1) is 11.3 Å². The van der Waals surface area contributed by atoms with E-state index < -0.39 is 0 Å². The van der Waals surface area contributed by atoms with Gasteiger partial charge in [-0.2, -0.15) is 5.26 Å². The van der Waals surface area contributed by atoms with Gasteiger partial charge in [-0.1, -0.05) is 28.1 Å². The molecule has 2 aromatic rings. The van der Waals surface area contributed by atoms with Crippen LogP contribution in [0.2, 0.25) is 0 Å². The molecule has 0 fully saturated rings. The summed E-state index contributed by atoms with van der Waals surface area (Å²) in [6.07, 6.45) is 0. The van der Waals surface area contributed by atoms with Gasteiger partial charge in [0.2, 0.25) is 0 Å². The van der Waals surface area contributed by atoms with Crippen LogP contribution in [0.1, 0.15) is 24.1 Å². The average molecular weight is 317 g/mol. The molecular formula is C15H13BrN2O. The molecule has 0 bridgehead atoms. The molecule has 4 heteroatoms. The lowest BCUT2D eigenvalue weighted by molar-refractivity contribution is 0.481. The smallest absolute Gasteiger partial charge is 0.128 e. The van der Waals surface area contributed by atoms with E-state index in [4.69, 9.17) is 15.7 Å². The molecule has 2 N–H and O–H groups in total. The zero-order valence-corrected chi connectivity index (χ0v) is 12.0. The Bertz CT molecular complexity index is 632. The van der Waals surface area contributed by atoms with Crippen LogP contribution in [-0.4, -0.2) is 0 Å². The van der Waals surface area contributed by atoms with Gasteiger partial charge in [0.1, 0.15) is 11.5 Å². The van der Waals surface area contributed by atoms with Crippen molar-refractivity contribution in [1.29, 1.82) is 5.26 Å². The first-order valence-electron chi connectivity index (χ1n) is 5.83. The average Bonchev–Trinajstić information content (AvgIpc) is 2.38. The molecule has 0 radical (unpaired) electrons. The van der Waals surface area contributed by atoms with Crippen molar-refractivity contribution < 1.29 is 4.74 Å². The zero-order valence-electron chi connectivity index (χ0n) is 10.4. The summed E-state index contributed by atoms with van der Waals surface area (Å²) in [6, 6.07) is 14.8. The minimum atomic E-state index is -0.0367. The van der Waals surface area contributed by atoms with Gasteiger partial charge in [-0.3, -0.25) is 0 Å². The molecule has 0 saturated heterocycles. The fraction of sp³-hybridized carbons (Fsp3) is 0.133. The highest BCUT2D eigenvalue weighted by atomic mass is 79.9. The summed E-state index contributed by atoms with van der Waals surface area (Å²) in [7, 11) is 0. The minimum Gasteiger partial charge on any atom is -0.457 e. The number of halogens is 1. The van der Waals surface area contributed by atoms with Crippen LogP contribution in [0.4, 0.5) is 0 Å². The molecule has 0 amide bonds. The summed E-state index contributed by atoms with van der Waals surface area (Å²) in [5.41, 5.74) is 7.45. The fourth-order valence-electron chi connectivity index (χ4n) is 1.71. The Balaban J connectivity index is 2.24. The van der Waals surface area contributed by atoms with E-state index in [1.165, 1.54) is 0 Å². The number of nitriles is 1. The van der Waals surface area contributed by atoms with Crippen LogP contribution in [0.15, 0.2) is 46.9 Å². The SMILES string of the molecule is C[C@H](N)c1ccc(Oc2cccc(C#N)c2)cc1Br. The van der Waals surface area contributed by atoms with E-state index in [1.54, 1.807) is 18.2 Å². The van der Waals surface area contributed by atoms with Crippen LogP contribution in [-0.2, 0) is 0 Å². The number of hydrogen-bond acceptors (Lipinski definition) is 3. The summed E-state index contributed by atoms with van der Waals surface area (Å²) in [4.78, 5) is 0. The summed E-state index contributed by atoms with van der Waals surface area (Å²) >= 11 is 3.48. The monoisotopic (exact) mass is 316 g/mol. The Kier molecular flexibility index (Phi) is 4.20. The Morgan fingerprint density at radius 3 is 2.58 bits per heavy atom. The second-order valence-corrected chi connectivity index (χ2v) is 5.07. The van der Waals surface area contributed by atoms with Crippen LogP contribution in [0.5, 0.6) is 11.5 Å². The summed E-state index contributed by atoms with van der Waals surface area (Å²) in [5.74, 6) is 1.34. The first-order valence-corrected chi connectivity index (χ1v) is 6.62. The molecule has 0 saturated carbocycles. The van der Waals surface area contributed by atoms with Crippen LogP contribution in [0.3, 0.4) is 0 Å². The van der Waals surface area contributed by atoms with Gasteiger partial charge in [-0.25, -0.2) is 0 Å². The van der Waals surface area contributed by atoms with E-state index in [-0.39, 0.29) is 6.04 Å². The molecule has 3 nitrogen and oxygen atoms in total. The highest BCUT2D eigenvalue weighted by molar-refractivity contribution is 9.10. The Labute approximate surface area is 120 Å². The van der Waals surface area contributed by atoms with Gasteiger partial charge in [0.05, 0.1) is 11.6 Å². The molecule has 0 heterocycles. The maximum atomic E-state index is 8.84. The third-order valence-electron chi connectivity index (χ3n) is 2.66. The molecule has 2 rings (SSSR count). The molecule has 2 aromatic carbocycles. The number of ether oxygens (including phenoxy) is 1. The zero-order chi connectivity index (χ0) is 13.8. The summed E-state index contributed by atoms with van der Waals surface area (Å²) in [6.45, 7) is 1.93. The van der Waals surface area contributed by atoms with Crippen LogP contribution in [0.25, 0.3) is 0 Å². The molecule has 0 spiro atoms. The Morgan fingerprint density at radius 2 is 1.95 bits per heavy atom. The van der Waals surface area contributed by atoms with E-state index in [1.807, 2.05) is 31.2 Å². The van der Waals surface area contributed by atoms with Gasteiger partial charge < -0.3 is 10.5 Å². The van der Waals surface area contributed by atoms with Gasteiger partial charge in [-0.05, 0) is 42.8 Å². The van der Waals surface area contributed by atoms with Crippen LogP contribution < -0.4 is 10.5 Å². The maximum absolute atomic E-state index is 8.84. The van der Waals surface area contributed by atoms with Gasteiger partial charge in [0, 0.05) is 10.5 Å². The first-order chi connectivity index (χ1) is 9.10. The number of rotatable bonds is 3. The number of nitrogens with zero attached hydrogens (tertiary/aromatic N) is 1. The van der Waals surface area contributed by atoms with Gasteiger partial charge >= 0.3 is 0 Å². The van der Waals surface area contributed by atoms with Crippen molar-refractivity contribution >= 4 is 15.9 Å². The van der Waals surface area contributed by atoms with Crippen molar-refractivity contribution in [2.75, 3.05) is 0 Å². The van der Waals surface area contributed by atoms with E-state index in [9.17, 15) is 0 Å². The van der Waals surface area contributed by atoms with Gasteiger partial charge in [-0.15, -0.1) is 0 Å². The summed E-state index contributed by atoms with van der Waals surface area (Å²) < 4.78 is 6.63. The van der Waals surface area contributed by atoms with Gasteiger partial charge in [0.25, 0.3) is 0 Å². The molecule has 0 unspecified atom stereocenters. The Morgan fingerprint density at radius 1 is 1.21 bits per heavy atom. The van der Waals surface area contributed by atoms with E-state index in [2.05, 4.69) is 22.0 Å². The van der Waals surface area contributed by atoms with E-state index in [0.29, 0.717) is 17.1 Å². The fourth-order valence-corrected chi connectivity index (χ4v) is 2.42. The van der Waals surface area contributed by atoms with E-state index in [0.717, 1.165) is 10.0 Å². The highest BCUT2D eigenvalue weighted by Gasteiger charge is 2.07. The molecule has 19 heavy (non-hydrogen) atoms. The van der Waals surface area contributed by atoms with Crippen molar-refractivity contribution in [3.05, 3.63) is 58.1 Å². The molecule has 0 aliphatic carbocycles. The van der Waals surface area contributed by atoms with Crippen molar-refractivity contribution in [1.82, 2.24) is 0 Å². The molecular weight excluding hydrogens is 304 g/mol. The maximum Gasteiger partial charge on any atom is 0.128 e. The quantitative estimate of drug-likeness (QED) is 0.926. The third-order valence-corrected chi connectivity index (χ3v) is 3.35. The largest absolute Gasteiger partial charge is 0.457 e. The lowest BCUT2D eigenvalue weighted by atomic mass is 10.1. The highest BCUT2D eigenvalue weighted by Crippen LogP contribution is 2.29. The molecule has 96 valence electrons. The Hall–Kier alpha value is -1.83. The third kappa shape index (κ3) is 3.34. The number of benzene rings is 2. The summed E-state index contributed by atoms with van der Waals surface area (Å²) in [5, 5.41) is 8.84. The van der Waals surface area contributed by atoms with Crippen molar-refractivity contribution in [3.63, 3.8) is 0 Å². The van der Waals surface area contributed by atoms with Gasteiger partial charge in [0.15, 0.2) is 0 Å². The topological polar surface area (TPSA) is 59.0 Å². The normalized spacial score (nSPS) is 11.7. The number of nitrogens with two attached hydrogens (primary N) is 1. The first kappa shape index (κ1) is 13.6. The number of hydrogen-bond donors (Lipinski definition) is 1. The lowest BCUT2D eigenvalue weighted by Gasteiger charge is -2.11. The molecule has 1 atom stereocenters. The second kappa shape index (κ2) is 5.87. The predicted molar refractivity (Wildman–Crippen MR) is 78.0 cm³/mol. The second-order valence-electron chi connectivity index (χ2n) is 4.21.